The van der Waals surface area contributed by atoms with Crippen molar-refractivity contribution in [3.05, 3.63) is 81.1 Å². The predicted molar refractivity (Wildman–Crippen MR) is 137 cm³/mol. The molecule has 0 radical (unpaired) electrons. The van der Waals surface area contributed by atoms with Gasteiger partial charge in [-0.1, -0.05) is 12.4 Å². The van der Waals surface area contributed by atoms with Crippen LogP contribution in [0.25, 0.3) is 9.44 Å². The third kappa shape index (κ3) is 12.4. The summed E-state index contributed by atoms with van der Waals surface area (Å²) >= 11 is 2.33. The number of anilines is 2. The molecule has 4 rings (SSSR count). The zero-order chi connectivity index (χ0) is 23.2. The van der Waals surface area contributed by atoms with Gasteiger partial charge in [0.05, 0.1) is 9.79 Å². The van der Waals surface area contributed by atoms with Gasteiger partial charge >= 0.3 is 59.1 Å². The Morgan fingerprint density at radius 3 is 1.14 bits per heavy atom. The fourth-order valence-corrected chi connectivity index (χ4v) is 5.45. The van der Waals surface area contributed by atoms with E-state index < -0.39 is 20.0 Å². The van der Waals surface area contributed by atoms with Crippen LogP contribution in [0.4, 0.5) is 21.6 Å². The first-order valence-electron chi connectivity index (χ1n) is 8.62. The van der Waals surface area contributed by atoms with Gasteiger partial charge in [0.25, 0.3) is 0 Å². The van der Waals surface area contributed by atoms with Crippen LogP contribution in [0.1, 0.15) is 0 Å². The average Bonchev–Trinajstić information content (AvgIpc) is 3.43. The maximum atomic E-state index is 11.8. The molecule has 0 bridgehead atoms. The number of nitrogen functional groups attached to an aromatic ring is 2. The molecule has 19 heteroatoms. The average molecular weight is 609 g/mol. The monoisotopic (exact) mass is 608 g/mol. The van der Waals surface area contributed by atoms with Crippen LogP contribution in [0.15, 0.2) is 81.5 Å². The second-order valence-electron chi connectivity index (χ2n) is 5.90. The molecule has 0 saturated heterocycles. The summed E-state index contributed by atoms with van der Waals surface area (Å²) in [4.78, 5) is 7.80. The van der Waals surface area contributed by atoms with E-state index in [2.05, 4.69) is 19.4 Å². The van der Waals surface area contributed by atoms with Gasteiger partial charge < -0.3 is 47.3 Å². The van der Waals surface area contributed by atoms with Crippen LogP contribution in [-0.4, -0.2) is 43.2 Å². The van der Waals surface area contributed by atoms with E-state index in [4.69, 9.17) is 11.5 Å². The minimum Gasteiger partial charge on any atom is -0.433 e. The van der Waals surface area contributed by atoms with Crippen molar-refractivity contribution in [1.29, 1.82) is 0 Å². The molecule has 2 aromatic heterocycles. The summed E-state index contributed by atoms with van der Waals surface area (Å²) in [5.74, 6) is 0. The van der Waals surface area contributed by atoms with Crippen molar-refractivity contribution in [3.8, 4) is 0 Å². The molecule has 13 nitrogen and oxygen atoms in total. The molecular formula is C18H22N6Na2O7S4. The maximum Gasteiger partial charge on any atom is 1.00 e. The van der Waals surface area contributed by atoms with Gasteiger partial charge in [-0.25, -0.2) is 16.8 Å². The van der Waals surface area contributed by atoms with Crippen LogP contribution < -0.4 is 70.6 Å². The van der Waals surface area contributed by atoms with Crippen molar-refractivity contribution in [1.82, 2.24) is 9.97 Å². The molecule has 0 amide bonds. The number of rotatable bonds is 6. The summed E-state index contributed by atoms with van der Waals surface area (Å²) in [6.45, 7) is 0. The van der Waals surface area contributed by atoms with Crippen molar-refractivity contribution in [2.24, 2.45) is 0 Å². The molecule has 10 N–H and O–H groups in total. The van der Waals surface area contributed by atoms with Gasteiger partial charge in [-0.3, -0.25) is 0 Å². The summed E-state index contributed by atoms with van der Waals surface area (Å²) in [6, 6.07) is 11.7. The predicted octanol–water partition coefficient (Wildman–Crippen LogP) is -4.23. The van der Waals surface area contributed by atoms with E-state index in [9.17, 15) is 16.8 Å². The molecule has 37 heavy (non-hydrogen) atoms. The van der Waals surface area contributed by atoms with E-state index in [0.29, 0.717) is 11.4 Å². The number of sulfonamides is 2. The zero-order valence-corrected chi connectivity index (χ0v) is 26.9. The quantitative estimate of drug-likeness (QED) is 0.159. The molecule has 0 unspecified atom stereocenters. The number of benzene rings is 2. The largest absolute Gasteiger partial charge is 1.00 e. The molecular weight excluding hydrogens is 586 g/mol. The SMILES string of the molecule is Nc1ccc(S(=O)(=O)[N-]c2nccs2)cc1.Nc1ccc(S(=O)(=O)[N-]c2nccs2)cc1.O.O.O.[Na+].[Na+]. The van der Waals surface area contributed by atoms with E-state index in [1.54, 1.807) is 10.8 Å². The molecule has 0 saturated carbocycles. The van der Waals surface area contributed by atoms with Crippen LogP contribution in [0.5, 0.6) is 0 Å². The van der Waals surface area contributed by atoms with Crippen molar-refractivity contribution < 1.29 is 92.4 Å². The molecule has 0 fully saturated rings. The van der Waals surface area contributed by atoms with E-state index in [0.717, 1.165) is 0 Å². The Balaban J connectivity index is -0.000000550. The molecule has 2 aromatic carbocycles. The van der Waals surface area contributed by atoms with Crippen molar-refractivity contribution in [2.45, 2.75) is 9.79 Å². The van der Waals surface area contributed by atoms with Gasteiger partial charge in [0.2, 0.25) is 20.0 Å². The topological polar surface area (TPSA) is 269 Å². The van der Waals surface area contributed by atoms with E-state index in [1.165, 1.54) is 83.6 Å². The molecule has 4 aromatic rings. The van der Waals surface area contributed by atoms with Crippen molar-refractivity contribution in [2.75, 3.05) is 11.5 Å². The maximum absolute atomic E-state index is 11.8. The fourth-order valence-electron chi connectivity index (χ4n) is 2.11. The second-order valence-corrected chi connectivity index (χ2v) is 10.9. The summed E-state index contributed by atoms with van der Waals surface area (Å²) in [5.41, 5.74) is 12.0. The van der Waals surface area contributed by atoms with Gasteiger partial charge in [0.1, 0.15) is 0 Å². The minimum absolute atomic E-state index is 0. The Hall–Kier alpha value is -1.32. The van der Waals surface area contributed by atoms with Crippen LogP contribution in [0.3, 0.4) is 0 Å². The van der Waals surface area contributed by atoms with Gasteiger partial charge in [0.15, 0.2) is 0 Å². The Kier molecular flexibility index (Phi) is 19.6. The molecule has 192 valence electrons. The summed E-state index contributed by atoms with van der Waals surface area (Å²) in [6.07, 6.45) is 3.00. The zero-order valence-electron chi connectivity index (χ0n) is 19.6. The third-order valence-electron chi connectivity index (χ3n) is 3.59. The first kappa shape index (κ1) is 40.2. The van der Waals surface area contributed by atoms with E-state index in [1.807, 2.05) is 0 Å². The van der Waals surface area contributed by atoms with Crippen LogP contribution >= 0.6 is 22.7 Å². The summed E-state index contributed by atoms with van der Waals surface area (Å²) in [7, 11) is -7.37. The first-order chi connectivity index (χ1) is 15.2. The molecule has 0 aliphatic carbocycles. The Morgan fingerprint density at radius 2 is 0.892 bits per heavy atom. The van der Waals surface area contributed by atoms with Gasteiger partial charge in [-0.05, 0) is 59.3 Å². The Labute approximate surface area is 266 Å². The van der Waals surface area contributed by atoms with Crippen molar-refractivity contribution in [3.63, 3.8) is 0 Å². The number of hydrogen-bond donors (Lipinski definition) is 2. The number of nitrogens with zero attached hydrogens (tertiary/aromatic N) is 4. The molecule has 0 aliphatic heterocycles. The normalized spacial score (nSPS) is 9.73. The number of hydrogen-bond acceptors (Lipinski definition) is 10. The van der Waals surface area contributed by atoms with Crippen LogP contribution in [0, 0.1) is 0 Å². The Morgan fingerprint density at radius 1 is 0.595 bits per heavy atom. The van der Waals surface area contributed by atoms with E-state index >= 15 is 0 Å². The smallest absolute Gasteiger partial charge is 0.433 e. The Bertz CT molecular complexity index is 1250. The summed E-state index contributed by atoms with van der Waals surface area (Å²) < 4.78 is 54.3. The number of thiazole rings is 2. The molecule has 0 atom stereocenters. The van der Waals surface area contributed by atoms with E-state index in [-0.39, 0.29) is 95.6 Å². The molecule has 0 spiro atoms. The fraction of sp³-hybridized carbons (Fsp3) is 0. The van der Waals surface area contributed by atoms with Crippen LogP contribution in [0.2, 0.25) is 0 Å². The van der Waals surface area contributed by atoms with Gasteiger partial charge in [-0.15, -0.1) is 0 Å². The minimum atomic E-state index is -3.68. The van der Waals surface area contributed by atoms with Crippen molar-refractivity contribution >= 4 is 64.4 Å². The molecule has 0 aliphatic rings. The van der Waals surface area contributed by atoms with Gasteiger partial charge in [-0.2, -0.15) is 22.7 Å². The second kappa shape index (κ2) is 18.1. The van der Waals surface area contributed by atoms with Gasteiger partial charge in [0, 0.05) is 21.6 Å². The third-order valence-corrected chi connectivity index (χ3v) is 7.72. The number of aromatic nitrogens is 2. The molecule has 2 heterocycles. The van der Waals surface area contributed by atoms with Crippen LogP contribution in [-0.2, 0) is 20.0 Å². The number of nitrogens with two attached hydrogens (primary N) is 2. The first-order valence-corrected chi connectivity index (χ1v) is 13.3. The standard InChI is InChI=1S/2C9H8N3O2S2.2Na.3H2O/c2*10-7-1-3-8(4-2-7)16(13,14)12-9-11-5-6-15-9;;;;;/h2*1-6H,10H2;;;3*1H2/q2*-1;2*+1;;;. The summed E-state index contributed by atoms with van der Waals surface area (Å²) in [5, 5.41) is 3.77.